The summed E-state index contributed by atoms with van der Waals surface area (Å²) in [6, 6.07) is 21.0. The van der Waals surface area contributed by atoms with Gasteiger partial charge in [0.2, 0.25) is 15.9 Å². The molecule has 0 atom stereocenters. The molecule has 0 aromatic heterocycles. The molecule has 3 aromatic carbocycles. The molecule has 0 spiro atoms. The summed E-state index contributed by atoms with van der Waals surface area (Å²) in [4.78, 5) is 12.3. The topological polar surface area (TPSA) is 106 Å². The number of nitrogens with one attached hydrogen (secondary N) is 3. The summed E-state index contributed by atoms with van der Waals surface area (Å²) in [6.45, 7) is 0.291. The largest absolute Gasteiger partial charge is 0.493 e. The summed E-state index contributed by atoms with van der Waals surface area (Å²) in [5.74, 6) is 0.712. The molecule has 8 nitrogen and oxygen atoms in total. The van der Waals surface area contributed by atoms with Gasteiger partial charge in [0.25, 0.3) is 0 Å². The van der Waals surface area contributed by atoms with Gasteiger partial charge in [0.15, 0.2) is 16.6 Å². The van der Waals surface area contributed by atoms with E-state index in [1.54, 1.807) is 43.5 Å². The Bertz CT molecular complexity index is 1330. The minimum absolute atomic E-state index is 0.0774. The standard InChI is InChI=1S/C26H27N3O5S2/c1-33-23-14-8-20(18-24(23)34-2)9-15-25(30)29-26(35)28-21-10-12-22(13-11-21)36(31,32)27-17-16-19-6-4-3-5-7-19/h3-15,18,27H,16-17H2,1-2H3,(H2,28,29,30,35). The Morgan fingerprint density at radius 2 is 1.64 bits per heavy atom. The van der Waals surface area contributed by atoms with E-state index in [-0.39, 0.29) is 10.0 Å². The van der Waals surface area contributed by atoms with Crippen molar-refractivity contribution in [3.05, 3.63) is 90.0 Å². The van der Waals surface area contributed by atoms with Crippen LogP contribution < -0.4 is 24.8 Å². The predicted octanol–water partition coefficient (Wildman–Crippen LogP) is 3.75. The molecule has 3 N–H and O–H groups in total. The van der Waals surface area contributed by atoms with Gasteiger partial charge in [-0.3, -0.25) is 10.1 Å². The van der Waals surface area contributed by atoms with E-state index in [9.17, 15) is 13.2 Å². The third-order valence-electron chi connectivity index (χ3n) is 5.04. The van der Waals surface area contributed by atoms with E-state index in [0.29, 0.717) is 30.2 Å². The van der Waals surface area contributed by atoms with Gasteiger partial charge in [-0.2, -0.15) is 0 Å². The van der Waals surface area contributed by atoms with Crippen molar-refractivity contribution in [3.63, 3.8) is 0 Å². The highest BCUT2D eigenvalue weighted by molar-refractivity contribution is 7.89. The van der Waals surface area contributed by atoms with E-state index in [2.05, 4.69) is 15.4 Å². The second-order valence-electron chi connectivity index (χ2n) is 7.55. The zero-order valence-electron chi connectivity index (χ0n) is 19.9. The van der Waals surface area contributed by atoms with Crippen LogP contribution >= 0.6 is 12.2 Å². The summed E-state index contributed by atoms with van der Waals surface area (Å²) in [5.41, 5.74) is 2.33. The van der Waals surface area contributed by atoms with E-state index in [1.165, 1.54) is 25.3 Å². The summed E-state index contributed by atoms with van der Waals surface area (Å²) in [5, 5.41) is 5.49. The molecule has 0 aliphatic carbocycles. The molecule has 0 bridgehead atoms. The van der Waals surface area contributed by atoms with Crippen LogP contribution in [0.15, 0.2) is 83.8 Å². The van der Waals surface area contributed by atoms with E-state index in [1.807, 2.05) is 30.3 Å². The third kappa shape index (κ3) is 7.91. The van der Waals surface area contributed by atoms with Gasteiger partial charge in [0.1, 0.15) is 0 Å². The Balaban J connectivity index is 1.50. The van der Waals surface area contributed by atoms with Gasteiger partial charge in [-0.15, -0.1) is 0 Å². The number of benzene rings is 3. The lowest BCUT2D eigenvalue weighted by molar-refractivity contribution is -0.115. The fraction of sp³-hybridized carbons (Fsp3) is 0.154. The maximum absolute atomic E-state index is 12.5. The van der Waals surface area contributed by atoms with Crippen molar-refractivity contribution in [1.82, 2.24) is 10.0 Å². The lowest BCUT2D eigenvalue weighted by Crippen LogP contribution is -2.32. The van der Waals surface area contributed by atoms with Gasteiger partial charge in [-0.25, -0.2) is 13.1 Å². The molecule has 0 radical (unpaired) electrons. The highest BCUT2D eigenvalue weighted by atomic mass is 32.2. The monoisotopic (exact) mass is 525 g/mol. The zero-order chi connectivity index (χ0) is 26.0. The van der Waals surface area contributed by atoms with Crippen LogP contribution in [0.3, 0.4) is 0 Å². The molecule has 188 valence electrons. The Morgan fingerprint density at radius 3 is 2.31 bits per heavy atom. The first-order valence-corrected chi connectivity index (χ1v) is 12.9. The van der Waals surface area contributed by atoms with Crippen LogP contribution in [0.4, 0.5) is 5.69 Å². The number of rotatable bonds is 10. The summed E-state index contributed by atoms with van der Waals surface area (Å²) in [7, 11) is -0.563. The quantitative estimate of drug-likeness (QED) is 0.273. The first-order valence-electron chi connectivity index (χ1n) is 11.0. The van der Waals surface area contributed by atoms with Crippen LogP contribution in [0.5, 0.6) is 11.5 Å². The number of anilines is 1. The number of carbonyl (C=O) groups excluding carboxylic acids is 1. The van der Waals surface area contributed by atoms with Crippen molar-refractivity contribution in [3.8, 4) is 11.5 Å². The molecule has 3 aromatic rings. The van der Waals surface area contributed by atoms with Crippen molar-refractivity contribution in [1.29, 1.82) is 0 Å². The fourth-order valence-corrected chi connectivity index (χ4v) is 4.47. The van der Waals surface area contributed by atoms with Gasteiger partial charge >= 0.3 is 0 Å². The Hall–Kier alpha value is -3.73. The van der Waals surface area contributed by atoms with Crippen molar-refractivity contribution in [2.75, 3.05) is 26.1 Å². The fourth-order valence-electron chi connectivity index (χ4n) is 3.22. The van der Waals surface area contributed by atoms with Gasteiger partial charge in [0.05, 0.1) is 19.1 Å². The number of hydrogen-bond donors (Lipinski definition) is 3. The second kappa shape index (κ2) is 12.8. The molecule has 0 unspecified atom stereocenters. The number of methoxy groups -OCH3 is 2. The number of sulfonamides is 1. The molecule has 0 aliphatic rings. The molecule has 0 saturated heterocycles. The highest BCUT2D eigenvalue weighted by Gasteiger charge is 2.13. The number of hydrogen-bond acceptors (Lipinski definition) is 6. The van der Waals surface area contributed by atoms with Crippen molar-refractivity contribution < 1.29 is 22.7 Å². The molecule has 0 heterocycles. The van der Waals surface area contributed by atoms with Crippen LogP contribution in [0.25, 0.3) is 6.08 Å². The SMILES string of the molecule is COc1ccc(C=CC(=O)NC(=S)Nc2ccc(S(=O)(=O)NCCc3ccccc3)cc2)cc1OC. The Kier molecular flexibility index (Phi) is 9.57. The molecular weight excluding hydrogens is 498 g/mol. The van der Waals surface area contributed by atoms with E-state index in [4.69, 9.17) is 21.7 Å². The second-order valence-corrected chi connectivity index (χ2v) is 9.72. The minimum Gasteiger partial charge on any atom is -0.493 e. The summed E-state index contributed by atoms with van der Waals surface area (Å²) < 4.78 is 38.1. The van der Waals surface area contributed by atoms with E-state index >= 15 is 0 Å². The van der Waals surface area contributed by atoms with Crippen LogP contribution in [0.2, 0.25) is 0 Å². The normalized spacial score (nSPS) is 11.2. The average molecular weight is 526 g/mol. The van der Waals surface area contributed by atoms with Gasteiger partial charge in [-0.1, -0.05) is 36.4 Å². The molecule has 3 rings (SSSR count). The van der Waals surface area contributed by atoms with Crippen LogP contribution in [-0.2, 0) is 21.2 Å². The number of amides is 1. The Morgan fingerprint density at radius 1 is 0.944 bits per heavy atom. The van der Waals surface area contributed by atoms with Gasteiger partial charge in [-0.05, 0) is 72.2 Å². The van der Waals surface area contributed by atoms with E-state index in [0.717, 1.165) is 11.1 Å². The van der Waals surface area contributed by atoms with Crippen LogP contribution in [-0.4, -0.2) is 40.2 Å². The molecule has 0 aliphatic heterocycles. The van der Waals surface area contributed by atoms with Crippen molar-refractivity contribution >= 4 is 45.0 Å². The molecule has 36 heavy (non-hydrogen) atoms. The molecule has 10 heteroatoms. The molecular formula is C26H27N3O5S2. The lowest BCUT2D eigenvalue weighted by atomic mass is 10.2. The first kappa shape index (κ1) is 26.9. The lowest BCUT2D eigenvalue weighted by Gasteiger charge is -2.10. The van der Waals surface area contributed by atoms with E-state index < -0.39 is 15.9 Å². The highest BCUT2D eigenvalue weighted by Crippen LogP contribution is 2.27. The Labute approximate surface area is 216 Å². The molecule has 0 saturated carbocycles. The summed E-state index contributed by atoms with van der Waals surface area (Å²) >= 11 is 5.18. The zero-order valence-corrected chi connectivity index (χ0v) is 21.5. The van der Waals surface area contributed by atoms with Crippen LogP contribution in [0.1, 0.15) is 11.1 Å². The molecule has 1 amide bonds. The van der Waals surface area contributed by atoms with Gasteiger partial charge < -0.3 is 14.8 Å². The van der Waals surface area contributed by atoms with Crippen molar-refractivity contribution in [2.24, 2.45) is 0 Å². The smallest absolute Gasteiger partial charge is 0.250 e. The number of carbonyl (C=O) groups is 1. The maximum Gasteiger partial charge on any atom is 0.250 e. The van der Waals surface area contributed by atoms with Crippen molar-refractivity contribution in [2.45, 2.75) is 11.3 Å². The molecule has 0 fully saturated rings. The first-order chi connectivity index (χ1) is 17.3. The third-order valence-corrected chi connectivity index (χ3v) is 6.72. The van der Waals surface area contributed by atoms with Gasteiger partial charge in [0, 0.05) is 18.3 Å². The number of ether oxygens (including phenoxy) is 2. The minimum atomic E-state index is -3.64. The average Bonchev–Trinajstić information content (AvgIpc) is 2.88. The maximum atomic E-state index is 12.5. The number of thiocarbonyl (C=S) groups is 1. The predicted molar refractivity (Wildman–Crippen MR) is 145 cm³/mol. The van der Waals surface area contributed by atoms with Crippen LogP contribution in [0, 0.1) is 0 Å². The summed E-state index contributed by atoms with van der Waals surface area (Å²) in [6.07, 6.45) is 3.55.